The van der Waals surface area contributed by atoms with Crippen molar-refractivity contribution in [2.45, 2.75) is 13.3 Å². The van der Waals surface area contributed by atoms with Crippen LogP contribution in [0, 0.1) is 5.92 Å². The van der Waals surface area contributed by atoms with Crippen LogP contribution in [0.1, 0.15) is 12.5 Å². The van der Waals surface area contributed by atoms with E-state index in [1.54, 1.807) is 7.11 Å². The summed E-state index contributed by atoms with van der Waals surface area (Å²) in [7, 11) is 1.66. The Hall–Kier alpha value is -1.55. The Kier molecular flexibility index (Phi) is 4.80. The normalized spacial score (nSPS) is 17.1. The SMILES string of the molecule is COc1cccc(CC(C)C(=O)N2CCNCC2)c1. The molecule has 1 aliphatic rings. The van der Waals surface area contributed by atoms with Crippen molar-refractivity contribution in [2.75, 3.05) is 33.3 Å². The van der Waals surface area contributed by atoms with E-state index in [9.17, 15) is 4.79 Å². The maximum Gasteiger partial charge on any atom is 0.225 e. The van der Waals surface area contributed by atoms with Crippen molar-refractivity contribution >= 4 is 5.91 Å². The van der Waals surface area contributed by atoms with Gasteiger partial charge in [0.15, 0.2) is 0 Å². The highest BCUT2D eigenvalue weighted by Gasteiger charge is 2.22. The van der Waals surface area contributed by atoms with E-state index < -0.39 is 0 Å². The largest absolute Gasteiger partial charge is 0.497 e. The minimum atomic E-state index is 0.0187. The lowest BCUT2D eigenvalue weighted by Gasteiger charge is -2.29. The minimum Gasteiger partial charge on any atom is -0.497 e. The van der Waals surface area contributed by atoms with Crippen LogP contribution in [0.25, 0.3) is 0 Å². The van der Waals surface area contributed by atoms with Crippen LogP contribution >= 0.6 is 0 Å². The van der Waals surface area contributed by atoms with Gasteiger partial charge in [-0.3, -0.25) is 4.79 Å². The molecule has 0 aliphatic carbocycles. The second kappa shape index (κ2) is 6.57. The fourth-order valence-corrected chi connectivity index (χ4v) is 2.44. The molecule has 0 spiro atoms. The molecule has 1 aromatic carbocycles. The zero-order valence-corrected chi connectivity index (χ0v) is 11.7. The Morgan fingerprint density at radius 2 is 2.16 bits per heavy atom. The van der Waals surface area contributed by atoms with Gasteiger partial charge in [-0.1, -0.05) is 19.1 Å². The van der Waals surface area contributed by atoms with E-state index in [2.05, 4.69) is 5.32 Å². The Morgan fingerprint density at radius 3 is 2.84 bits per heavy atom. The quantitative estimate of drug-likeness (QED) is 0.889. The Balaban J connectivity index is 1.95. The van der Waals surface area contributed by atoms with Crippen molar-refractivity contribution in [1.82, 2.24) is 10.2 Å². The highest BCUT2D eigenvalue weighted by molar-refractivity contribution is 5.79. The van der Waals surface area contributed by atoms with Gasteiger partial charge in [0.25, 0.3) is 0 Å². The molecular formula is C15H22N2O2. The Morgan fingerprint density at radius 1 is 1.42 bits per heavy atom. The molecule has 1 N–H and O–H groups in total. The number of benzene rings is 1. The molecule has 0 aromatic heterocycles. The number of hydrogen-bond acceptors (Lipinski definition) is 3. The highest BCUT2D eigenvalue weighted by Crippen LogP contribution is 2.17. The Bertz CT molecular complexity index is 428. The number of nitrogens with zero attached hydrogens (tertiary/aromatic N) is 1. The van der Waals surface area contributed by atoms with Crippen LogP contribution in [0.2, 0.25) is 0 Å². The van der Waals surface area contributed by atoms with E-state index in [0.717, 1.165) is 43.9 Å². The molecule has 1 unspecified atom stereocenters. The third-order valence-electron chi connectivity index (χ3n) is 3.53. The number of nitrogens with one attached hydrogen (secondary N) is 1. The average Bonchev–Trinajstić information content (AvgIpc) is 2.47. The summed E-state index contributed by atoms with van der Waals surface area (Å²) in [6.07, 6.45) is 0.764. The fraction of sp³-hybridized carbons (Fsp3) is 0.533. The van der Waals surface area contributed by atoms with Gasteiger partial charge >= 0.3 is 0 Å². The third-order valence-corrected chi connectivity index (χ3v) is 3.53. The molecule has 1 fully saturated rings. The summed E-state index contributed by atoms with van der Waals surface area (Å²) in [5, 5.41) is 3.26. The molecule has 4 nitrogen and oxygen atoms in total. The van der Waals surface area contributed by atoms with Crippen LogP contribution in [0.3, 0.4) is 0 Å². The molecule has 1 aromatic rings. The molecule has 1 amide bonds. The lowest BCUT2D eigenvalue weighted by molar-refractivity contribution is -0.135. The van der Waals surface area contributed by atoms with Gasteiger partial charge in [0, 0.05) is 32.1 Å². The number of carbonyl (C=O) groups excluding carboxylic acids is 1. The monoisotopic (exact) mass is 262 g/mol. The molecule has 0 saturated carbocycles. The van der Waals surface area contributed by atoms with Crippen LogP contribution in [0.5, 0.6) is 5.75 Å². The van der Waals surface area contributed by atoms with Crippen LogP contribution in [-0.4, -0.2) is 44.1 Å². The predicted molar refractivity (Wildman–Crippen MR) is 75.3 cm³/mol. The maximum absolute atomic E-state index is 12.3. The molecule has 1 saturated heterocycles. The highest BCUT2D eigenvalue weighted by atomic mass is 16.5. The zero-order chi connectivity index (χ0) is 13.7. The van der Waals surface area contributed by atoms with Gasteiger partial charge in [0.05, 0.1) is 7.11 Å². The summed E-state index contributed by atoms with van der Waals surface area (Å²) in [4.78, 5) is 14.3. The summed E-state index contributed by atoms with van der Waals surface area (Å²) in [5.41, 5.74) is 1.15. The number of ether oxygens (including phenoxy) is 1. The van der Waals surface area contributed by atoms with E-state index in [-0.39, 0.29) is 11.8 Å². The second-order valence-electron chi connectivity index (χ2n) is 5.03. The predicted octanol–water partition coefficient (Wildman–Crippen LogP) is 1.31. The minimum absolute atomic E-state index is 0.0187. The van der Waals surface area contributed by atoms with Gasteiger partial charge in [-0.05, 0) is 24.1 Å². The number of methoxy groups -OCH3 is 1. The number of carbonyl (C=O) groups is 1. The van der Waals surface area contributed by atoms with Crippen molar-refractivity contribution in [3.05, 3.63) is 29.8 Å². The van der Waals surface area contributed by atoms with E-state index in [1.807, 2.05) is 36.1 Å². The summed E-state index contributed by atoms with van der Waals surface area (Å²) >= 11 is 0. The van der Waals surface area contributed by atoms with E-state index >= 15 is 0 Å². The van der Waals surface area contributed by atoms with Crippen molar-refractivity contribution < 1.29 is 9.53 Å². The lowest BCUT2D eigenvalue weighted by Crippen LogP contribution is -2.48. The average molecular weight is 262 g/mol. The molecule has 1 aliphatic heterocycles. The van der Waals surface area contributed by atoms with Crippen LogP contribution in [-0.2, 0) is 11.2 Å². The summed E-state index contributed by atoms with van der Waals surface area (Å²) in [5.74, 6) is 1.12. The molecule has 4 heteroatoms. The van der Waals surface area contributed by atoms with Crippen LogP contribution < -0.4 is 10.1 Å². The van der Waals surface area contributed by atoms with E-state index in [4.69, 9.17) is 4.74 Å². The summed E-state index contributed by atoms with van der Waals surface area (Å²) in [6, 6.07) is 7.94. The van der Waals surface area contributed by atoms with Gasteiger partial charge in [-0.25, -0.2) is 0 Å². The van der Waals surface area contributed by atoms with Crippen molar-refractivity contribution in [3.8, 4) is 5.75 Å². The molecule has 2 rings (SSSR count). The van der Waals surface area contributed by atoms with Gasteiger partial charge < -0.3 is 15.0 Å². The van der Waals surface area contributed by atoms with Crippen molar-refractivity contribution in [1.29, 1.82) is 0 Å². The Labute approximate surface area is 114 Å². The van der Waals surface area contributed by atoms with E-state index in [1.165, 1.54) is 0 Å². The first kappa shape index (κ1) is 13.9. The summed E-state index contributed by atoms with van der Waals surface area (Å²) in [6.45, 7) is 5.45. The van der Waals surface area contributed by atoms with Crippen LogP contribution in [0.4, 0.5) is 0 Å². The standard InChI is InChI=1S/C15H22N2O2/c1-12(15(18)17-8-6-16-7-9-17)10-13-4-3-5-14(11-13)19-2/h3-5,11-12,16H,6-10H2,1-2H3. The fourth-order valence-electron chi connectivity index (χ4n) is 2.44. The first-order valence-electron chi connectivity index (χ1n) is 6.83. The van der Waals surface area contributed by atoms with Crippen molar-refractivity contribution in [3.63, 3.8) is 0 Å². The van der Waals surface area contributed by atoms with Gasteiger partial charge in [0.1, 0.15) is 5.75 Å². The lowest BCUT2D eigenvalue weighted by atomic mass is 9.99. The molecular weight excluding hydrogens is 240 g/mol. The number of hydrogen-bond donors (Lipinski definition) is 1. The van der Waals surface area contributed by atoms with Gasteiger partial charge in [0.2, 0.25) is 5.91 Å². The van der Waals surface area contributed by atoms with Crippen LogP contribution in [0.15, 0.2) is 24.3 Å². The molecule has 1 heterocycles. The maximum atomic E-state index is 12.3. The number of amides is 1. The van der Waals surface area contributed by atoms with E-state index in [0.29, 0.717) is 0 Å². The van der Waals surface area contributed by atoms with Crippen molar-refractivity contribution in [2.24, 2.45) is 5.92 Å². The third kappa shape index (κ3) is 3.70. The van der Waals surface area contributed by atoms with Gasteiger partial charge in [-0.15, -0.1) is 0 Å². The smallest absolute Gasteiger partial charge is 0.225 e. The first-order valence-corrected chi connectivity index (χ1v) is 6.83. The first-order chi connectivity index (χ1) is 9.20. The van der Waals surface area contributed by atoms with Gasteiger partial charge in [-0.2, -0.15) is 0 Å². The molecule has 104 valence electrons. The number of rotatable bonds is 4. The number of piperazine rings is 1. The second-order valence-corrected chi connectivity index (χ2v) is 5.03. The molecule has 0 bridgehead atoms. The summed E-state index contributed by atoms with van der Waals surface area (Å²) < 4.78 is 5.21. The molecule has 0 radical (unpaired) electrons. The molecule has 1 atom stereocenters. The topological polar surface area (TPSA) is 41.6 Å². The zero-order valence-electron chi connectivity index (χ0n) is 11.7. The molecule has 19 heavy (non-hydrogen) atoms.